The molecule has 14 heavy (non-hydrogen) atoms. The quantitative estimate of drug-likeness (QED) is 0.769. The number of benzene rings is 1. The van der Waals surface area contributed by atoms with Crippen molar-refractivity contribution in [1.82, 2.24) is 0 Å². The monoisotopic (exact) mass is 367 g/mol. The van der Waals surface area contributed by atoms with Gasteiger partial charge in [-0.25, -0.2) is 0 Å². The number of hydrogen-bond donors (Lipinski definition) is 1. The molecule has 1 aliphatic heterocycles. The maximum absolute atomic E-state index is 9.96. The van der Waals surface area contributed by atoms with Crippen LogP contribution in [0.4, 0.5) is 5.69 Å². The molecule has 0 unspecified atom stereocenters. The van der Waals surface area contributed by atoms with E-state index in [0.717, 1.165) is 26.8 Å². The molecule has 0 saturated carbocycles. The average molecular weight is 368 g/mol. The minimum absolute atomic E-state index is 0.405. The Labute approximate surface area is 106 Å². The van der Waals surface area contributed by atoms with Crippen molar-refractivity contribution in [3.63, 3.8) is 0 Å². The molecule has 0 amide bonds. The van der Waals surface area contributed by atoms with E-state index in [0.29, 0.717) is 5.75 Å². The fourth-order valence-corrected chi connectivity index (χ4v) is 2.78. The molecule has 1 heterocycles. The van der Waals surface area contributed by atoms with Crippen LogP contribution >= 0.6 is 38.5 Å². The minimum Gasteiger partial charge on any atom is -0.505 e. The van der Waals surface area contributed by atoms with Crippen LogP contribution in [0.1, 0.15) is 12.8 Å². The van der Waals surface area contributed by atoms with Crippen LogP contribution in [0.5, 0.6) is 5.75 Å². The second kappa shape index (κ2) is 4.26. The van der Waals surface area contributed by atoms with Gasteiger partial charge >= 0.3 is 0 Å². The number of aromatic hydroxyl groups is 1. The fraction of sp³-hybridized carbons (Fsp3) is 0.400. The second-order valence-corrected chi connectivity index (χ2v) is 5.44. The Balaban J connectivity index is 2.44. The third-order valence-corrected chi connectivity index (χ3v) is 3.99. The third-order valence-electron chi connectivity index (χ3n) is 2.48. The summed E-state index contributed by atoms with van der Waals surface area (Å²) in [5, 5.41) is 9.96. The van der Waals surface area contributed by atoms with Crippen molar-refractivity contribution >= 4 is 44.2 Å². The summed E-state index contributed by atoms with van der Waals surface area (Å²) >= 11 is 5.64. The van der Waals surface area contributed by atoms with Gasteiger partial charge in [-0.1, -0.05) is 0 Å². The van der Waals surface area contributed by atoms with Gasteiger partial charge < -0.3 is 10.0 Å². The van der Waals surface area contributed by atoms with Crippen LogP contribution in [0.2, 0.25) is 0 Å². The van der Waals surface area contributed by atoms with Crippen molar-refractivity contribution in [2.24, 2.45) is 0 Å². The highest BCUT2D eigenvalue weighted by Crippen LogP contribution is 2.39. The molecule has 1 N–H and O–H groups in total. The molecule has 2 nitrogen and oxygen atoms in total. The highest BCUT2D eigenvalue weighted by atomic mass is 127. The summed E-state index contributed by atoms with van der Waals surface area (Å²) in [6, 6.07) is 3.91. The number of nitrogens with zero attached hydrogens (tertiary/aromatic N) is 1. The van der Waals surface area contributed by atoms with E-state index in [1.807, 2.05) is 12.1 Å². The number of hydrogen-bond acceptors (Lipinski definition) is 2. The van der Waals surface area contributed by atoms with Crippen molar-refractivity contribution in [2.45, 2.75) is 12.8 Å². The largest absolute Gasteiger partial charge is 0.505 e. The first-order chi connectivity index (χ1) is 6.70. The van der Waals surface area contributed by atoms with E-state index in [2.05, 4.69) is 43.4 Å². The summed E-state index contributed by atoms with van der Waals surface area (Å²) in [6.07, 6.45) is 2.44. The van der Waals surface area contributed by atoms with Gasteiger partial charge in [0.2, 0.25) is 0 Å². The van der Waals surface area contributed by atoms with E-state index in [-0.39, 0.29) is 0 Å². The molecule has 1 fully saturated rings. The molecular weight excluding hydrogens is 357 g/mol. The zero-order chi connectivity index (χ0) is 10.1. The molecule has 0 aromatic heterocycles. The van der Waals surface area contributed by atoms with Crippen LogP contribution < -0.4 is 4.90 Å². The first kappa shape index (κ1) is 10.5. The SMILES string of the molecule is Oc1c(I)ccc(Br)c1N1CCCC1. The zero-order valence-electron chi connectivity index (χ0n) is 7.63. The van der Waals surface area contributed by atoms with Crippen molar-refractivity contribution in [3.05, 3.63) is 20.2 Å². The Kier molecular flexibility index (Phi) is 3.21. The van der Waals surface area contributed by atoms with E-state index in [4.69, 9.17) is 0 Å². The summed E-state index contributed by atoms with van der Waals surface area (Å²) in [5.41, 5.74) is 0.953. The third kappa shape index (κ3) is 1.86. The number of rotatable bonds is 1. The normalized spacial score (nSPS) is 16.3. The van der Waals surface area contributed by atoms with E-state index in [1.54, 1.807) is 0 Å². The van der Waals surface area contributed by atoms with Crippen molar-refractivity contribution in [1.29, 1.82) is 0 Å². The molecule has 1 saturated heterocycles. The van der Waals surface area contributed by atoms with Gasteiger partial charge in [0.1, 0.15) is 0 Å². The van der Waals surface area contributed by atoms with Crippen LogP contribution in [-0.4, -0.2) is 18.2 Å². The molecule has 1 aromatic rings. The first-order valence-electron chi connectivity index (χ1n) is 4.62. The van der Waals surface area contributed by atoms with Crippen LogP contribution in [0.25, 0.3) is 0 Å². The van der Waals surface area contributed by atoms with E-state index >= 15 is 0 Å². The van der Waals surface area contributed by atoms with Gasteiger partial charge in [0.15, 0.2) is 5.75 Å². The average Bonchev–Trinajstić information content (AvgIpc) is 2.65. The standard InChI is InChI=1S/C10H11BrINO/c11-7-3-4-8(12)10(14)9(7)13-5-1-2-6-13/h3-4,14H,1-2,5-6H2. The van der Waals surface area contributed by atoms with Crippen LogP contribution in [0.15, 0.2) is 16.6 Å². The molecule has 0 spiro atoms. The summed E-state index contributed by atoms with van der Waals surface area (Å²) in [5.74, 6) is 0.405. The molecule has 1 aromatic carbocycles. The first-order valence-corrected chi connectivity index (χ1v) is 6.49. The lowest BCUT2D eigenvalue weighted by molar-refractivity contribution is 0.470. The van der Waals surface area contributed by atoms with Gasteiger partial charge in [-0.15, -0.1) is 0 Å². The molecule has 1 aliphatic rings. The van der Waals surface area contributed by atoms with Crippen molar-refractivity contribution < 1.29 is 5.11 Å². The summed E-state index contributed by atoms with van der Waals surface area (Å²) in [4.78, 5) is 2.24. The zero-order valence-corrected chi connectivity index (χ0v) is 11.4. The number of halogens is 2. The van der Waals surface area contributed by atoms with E-state index in [9.17, 15) is 5.11 Å². The second-order valence-electron chi connectivity index (χ2n) is 3.42. The van der Waals surface area contributed by atoms with E-state index in [1.165, 1.54) is 12.8 Å². The van der Waals surface area contributed by atoms with Crippen molar-refractivity contribution in [3.8, 4) is 5.75 Å². The van der Waals surface area contributed by atoms with Gasteiger partial charge in [0.25, 0.3) is 0 Å². The Morgan fingerprint density at radius 1 is 1.29 bits per heavy atom. The summed E-state index contributed by atoms with van der Waals surface area (Å²) in [7, 11) is 0. The highest BCUT2D eigenvalue weighted by Gasteiger charge is 2.19. The lowest BCUT2D eigenvalue weighted by atomic mass is 10.2. The molecule has 0 atom stereocenters. The fourth-order valence-electron chi connectivity index (χ4n) is 1.77. The summed E-state index contributed by atoms with van der Waals surface area (Å²) < 4.78 is 1.89. The van der Waals surface area contributed by atoms with Crippen LogP contribution in [0, 0.1) is 3.57 Å². The minimum atomic E-state index is 0.405. The number of phenolic OH excluding ortho intramolecular Hbond substituents is 1. The topological polar surface area (TPSA) is 23.5 Å². The molecule has 0 radical (unpaired) electrons. The molecule has 76 valence electrons. The lowest BCUT2D eigenvalue weighted by Gasteiger charge is -2.21. The van der Waals surface area contributed by atoms with Gasteiger partial charge in [0.05, 0.1) is 9.26 Å². The van der Waals surface area contributed by atoms with Gasteiger partial charge in [-0.2, -0.15) is 0 Å². The maximum Gasteiger partial charge on any atom is 0.153 e. The summed E-state index contributed by atoms with van der Waals surface area (Å²) in [6.45, 7) is 2.10. The predicted molar refractivity (Wildman–Crippen MR) is 70.0 cm³/mol. The predicted octanol–water partition coefficient (Wildman–Crippen LogP) is 3.36. The Bertz CT molecular complexity index is 350. The molecule has 4 heteroatoms. The van der Waals surface area contributed by atoms with E-state index < -0.39 is 0 Å². The smallest absolute Gasteiger partial charge is 0.153 e. The Hall–Kier alpha value is 0.0300. The van der Waals surface area contributed by atoms with Crippen molar-refractivity contribution in [2.75, 3.05) is 18.0 Å². The van der Waals surface area contributed by atoms with Crippen LogP contribution in [0.3, 0.4) is 0 Å². The lowest BCUT2D eigenvalue weighted by Crippen LogP contribution is -2.18. The van der Waals surface area contributed by atoms with Crippen LogP contribution in [-0.2, 0) is 0 Å². The number of anilines is 1. The number of phenols is 1. The molecule has 2 rings (SSSR count). The Morgan fingerprint density at radius 3 is 2.57 bits per heavy atom. The maximum atomic E-state index is 9.96. The van der Waals surface area contributed by atoms with Gasteiger partial charge in [-0.3, -0.25) is 0 Å². The van der Waals surface area contributed by atoms with Gasteiger partial charge in [0, 0.05) is 17.6 Å². The Morgan fingerprint density at radius 2 is 1.93 bits per heavy atom. The highest BCUT2D eigenvalue weighted by molar-refractivity contribution is 14.1. The van der Waals surface area contributed by atoms with Gasteiger partial charge in [-0.05, 0) is 63.5 Å². The molecule has 0 bridgehead atoms. The molecule has 0 aliphatic carbocycles. The molecular formula is C10H11BrINO.